The number of nitrogens with zero attached hydrogens (tertiary/aromatic N) is 1. The van der Waals surface area contributed by atoms with Crippen LogP contribution >= 0.6 is 12.6 Å². The molecule has 1 unspecified atom stereocenters. The first-order valence-corrected chi connectivity index (χ1v) is 6.22. The van der Waals surface area contributed by atoms with Gasteiger partial charge in [0, 0.05) is 23.9 Å². The monoisotopic (exact) mass is 265 g/mol. The highest BCUT2D eigenvalue weighted by Crippen LogP contribution is 2.27. The Labute approximate surface area is 111 Å². The molecule has 96 valence electrons. The van der Waals surface area contributed by atoms with E-state index >= 15 is 0 Å². The number of thiol groups is 1. The highest BCUT2D eigenvalue weighted by molar-refractivity contribution is 7.81. The number of ether oxygens (including phenoxy) is 1. The molecule has 1 aromatic rings. The van der Waals surface area contributed by atoms with Crippen molar-refractivity contribution in [2.45, 2.75) is 18.6 Å². The molecule has 1 aromatic carbocycles. The molecular formula is C13H15NO3S. The van der Waals surface area contributed by atoms with Gasteiger partial charge < -0.3 is 9.64 Å². The molecule has 0 radical (unpaired) electrons. The van der Waals surface area contributed by atoms with Crippen molar-refractivity contribution in [3.05, 3.63) is 29.3 Å². The summed E-state index contributed by atoms with van der Waals surface area (Å²) in [5.74, 6) is -0.298. The summed E-state index contributed by atoms with van der Waals surface area (Å²) in [6.45, 7) is 2.49. The Kier molecular flexibility index (Phi) is 3.61. The van der Waals surface area contributed by atoms with Crippen LogP contribution in [0.2, 0.25) is 0 Å². The Morgan fingerprint density at radius 1 is 1.50 bits per heavy atom. The topological polar surface area (TPSA) is 46.6 Å². The first-order valence-electron chi connectivity index (χ1n) is 5.70. The van der Waals surface area contributed by atoms with Crippen LogP contribution in [0.5, 0.6) is 0 Å². The number of hydrogen-bond acceptors (Lipinski definition) is 4. The fourth-order valence-electron chi connectivity index (χ4n) is 2.12. The molecule has 0 aliphatic carbocycles. The molecule has 1 aliphatic heterocycles. The third kappa shape index (κ3) is 2.36. The maximum absolute atomic E-state index is 11.8. The van der Waals surface area contributed by atoms with Crippen molar-refractivity contribution in [1.82, 2.24) is 0 Å². The van der Waals surface area contributed by atoms with E-state index in [1.54, 1.807) is 23.1 Å². The van der Waals surface area contributed by atoms with E-state index < -0.39 is 0 Å². The molecule has 2 rings (SSSR count). The molecule has 1 aliphatic rings. The predicted octanol–water partition coefficient (Wildman–Crippen LogP) is 1.82. The zero-order valence-electron chi connectivity index (χ0n) is 10.3. The van der Waals surface area contributed by atoms with Crippen LogP contribution in [-0.2, 0) is 9.53 Å². The zero-order valence-corrected chi connectivity index (χ0v) is 11.2. The van der Waals surface area contributed by atoms with Crippen LogP contribution in [0.3, 0.4) is 0 Å². The molecule has 1 heterocycles. The highest BCUT2D eigenvalue weighted by atomic mass is 32.1. The molecule has 0 N–H and O–H groups in total. The number of amides is 1. The fourth-order valence-corrected chi connectivity index (χ4v) is 2.44. The van der Waals surface area contributed by atoms with Crippen LogP contribution < -0.4 is 4.90 Å². The van der Waals surface area contributed by atoms with Crippen molar-refractivity contribution in [2.24, 2.45) is 0 Å². The maximum Gasteiger partial charge on any atom is 0.337 e. The number of carbonyl (C=O) groups excluding carboxylic acids is 2. The summed E-state index contributed by atoms with van der Waals surface area (Å²) in [5, 5.41) is 0.0807. The summed E-state index contributed by atoms with van der Waals surface area (Å²) in [4.78, 5) is 24.9. The predicted molar refractivity (Wildman–Crippen MR) is 72.3 cm³/mol. The van der Waals surface area contributed by atoms with E-state index in [9.17, 15) is 9.59 Å². The lowest BCUT2D eigenvalue weighted by molar-refractivity contribution is -0.117. The Balaban J connectivity index is 2.30. The summed E-state index contributed by atoms with van der Waals surface area (Å²) in [6.07, 6.45) is 0.460. The molecule has 5 heteroatoms. The van der Waals surface area contributed by atoms with E-state index in [1.807, 2.05) is 6.92 Å². The number of carbonyl (C=O) groups is 2. The quantitative estimate of drug-likeness (QED) is 0.655. The first-order chi connectivity index (χ1) is 8.52. The van der Waals surface area contributed by atoms with Crippen molar-refractivity contribution in [3.8, 4) is 0 Å². The van der Waals surface area contributed by atoms with Gasteiger partial charge in [0.15, 0.2) is 0 Å². The summed E-state index contributed by atoms with van der Waals surface area (Å²) in [7, 11) is 1.35. The molecule has 0 spiro atoms. The normalized spacial score (nSPS) is 19.2. The summed E-state index contributed by atoms with van der Waals surface area (Å²) in [5.41, 5.74) is 2.21. The highest BCUT2D eigenvalue weighted by Gasteiger charge is 2.29. The molecule has 1 amide bonds. The minimum atomic E-state index is -0.371. The SMILES string of the molecule is COC(=O)c1ccc(N2CC(S)CC2=O)c(C)c1. The first kappa shape index (κ1) is 13.0. The second kappa shape index (κ2) is 5.02. The second-order valence-electron chi connectivity index (χ2n) is 4.36. The number of methoxy groups -OCH3 is 1. The van der Waals surface area contributed by atoms with E-state index in [2.05, 4.69) is 17.4 Å². The number of aryl methyl sites for hydroxylation is 1. The van der Waals surface area contributed by atoms with Crippen molar-refractivity contribution in [1.29, 1.82) is 0 Å². The summed E-state index contributed by atoms with van der Waals surface area (Å²) >= 11 is 4.33. The minimum Gasteiger partial charge on any atom is -0.465 e. The van der Waals surface area contributed by atoms with Gasteiger partial charge in [-0.05, 0) is 30.7 Å². The Morgan fingerprint density at radius 3 is 2.72 bits per heavy atom. The molecule has 1 saturated heterocycles. The average molecular weight is 265 g/mol. The van der Waals surface area contributed by atoms with Gasteiger partial charge in [-0.25, -0.2) is 4.79 Å². The van der Waals surface area contributed by atoms with Gasteiger partial charge in [-0.15, -0.1) is 0 Å². The van der Waals surface area contributed by atoms with Gasteiger partial charge in [-0.3, -0.25) is 4.79 Å². The van der Waals surface area contributed by atoms with Crippen LogP contribution in [-0.4, -0.2) is 30.8 Å². The van der Waals surface area contributed by atoms with Gasteiger partial charge in [-0.1, -0.05) is 0 Å². The van der Waals surface area contributed by atoms with Gasteiger partial charge in [-0.2, -0.15) is 12.6 Å². The largest absolute Gasteiger partial charge is 0.465 e. The molecule has 1 fully saturated rings. The number of rotatable bonds is 2. The van der Waals surface area contributed by atoms with Crippen LogP contribution in [0.4, 0.5) is 5.69 Å². The Morgan fingerprint density at radius 2 is 2.22 bits per heavy atom. The lowest BCUT2D eigenvalue weighted by Crippen LogP contribution is -2.25. The van der Waals surface area contributed by atoms with E-state index in [0.29, 0.717) is 18.5 Å². The minimum absolute atomic E-state index is 0.0731. The van der Waals surface area contributed by atoms with Crippen molar-refractivity contribution in [3.63, 3.8) is 0 Å². The van der Waals surface area contributed by atoms with Gasteiger partial charge in [0.2, 0.25) is 5.91 Å². The Bertz CT molecular complexity index is 501. The lowest BCUT2D eigenvalue weighted by atomic mass is 10.1. The fraction of sp³-hybridized carbons (Fsp3) is 0.385. The molecule has 0 aromatic heterocycles. The van der Waals surface area contributed by atoms with Crippen molar-refractivity contribution < 1.29 is 14.3 Å². The number of esters is 1. The van der Waals surface area contributed by atoms with Crippen molar-refractivity contribution in [2.75, 3.05) is 18.6 Å². The van der Waals surface area contributed by atoms with Gasteiger partial charge in [0.05, 0.1) is 12.7 Å². The number of hydrogen-bond donors (Lipinski definition) is 1. The smallest absolute Gasteiger partial charge is 0.337 e. The Hall–Kier alpha value is -1.49. The molecule has 0 saturated carbocycles. The van der Waals surface area contributed by atoms with E-state index in [0.717, 1.165) is 11.3 Å². The third-order valence-corrected chi connectivity index (χ3v) is 3.36. The van der Waals surface area contributed by atoms with Crippen LogP contribution in [0.1, 0.15) is 22.3 Å². The van der Waals surface area contributed by atoms with Gasteiger partial charge in [0.1, 0.15) is 0 Å². The molecule has 18 heavy (non-hydrogen) atoms. The van der Waals surface area contributed by atoms with E-state index in [1.165, 1.54) is 7.11 Å². The molecule has 1 atom stereocenters. The summed E-state index contributed by atoms with van der Waals surface area (Å²) in [6, 6.07) is 5.19. The van der Waals surface area contributed by atoms with Gasteiger partial charge >= 0.3 is 5.97 Å². The van der Waals surface area contributed by atoms with Gasteiger partial charge in [0.25, 0.3) is 0 Å². The number of benzene rings is 1. The van der Waals surface area contributed by atoms with Crippen LogP contribution in [0.15, 0.2) is 18.2 Å². The number of anilines is 1. The van der Waals surface area contributed by atoms with Crippen molar-refractivity contribution >= 4 is 30.2 Å². The van der Waals surface area contributed by atoms with Crippen LogP contribution in [0, 0.1) is 6.92 Å². The average Bonchev–Trinajstić information content (AvgIpc) is 2.67. The molecule has 4 nitrogen and oxygen atoms in total. The van der Waals surface area contributed by atoms with Crippen LogP contribution in [0.25, 0.3) is 0 Å². The lowest BCUT2D eigenvalue weighted by Gasteiger charge is -2.19. The third-order valence-electron chi connectivity index (χ3n) is 3.01. The maximum atomic E-state index is 11.8. The second-order valence-corrected chi connectivity index (χ2v) is 5.09. The molecule has 0 bridgehead atoms. The zero-order chi connectivity index (χ0) is 13.3. The van der Waals surface area contributed by atoms with E-state index in [-0.39, 0.29) is 17.1 Å². The molecular weight excluding hydrogens is 250 g/mol. The van der Waals surface area contributed by atoms with E-state index in [4.69, 9.17) is 0 Å². The summed E-state index contributed by atoms with van der Waals surface area (Å²) < 4.78 is 4.66. The standard InChI is InChI=1S/C13H15NO3S/c1-8-5-9(13(16)17-2)3-4-11(8)14-7-10(18)6-12(14)15/h3-5,10,18H,6-7H2,1-2H3.